The van der Waals surface area contributed by atoms with Gasteiger partial charge in [0.15, 0.2) is 6.04 Å². The summed E-state index contributed by atoms with van der Waals surface area (Å²) in [7, 11) is 0. The summed E-state index contributed by atoms with van der Waals surface area (Å²) in [6.07, 6.45) is 0.153. The Kier molecular flexibility index (Phi) is 5.38. The van der Waals surface area contributed by atoms with E-state index in [0.717, 1.165) is 0 Å². The van der Waals surface area contributed by atoms with E-state index in [2.05, 4.69) is 5.10 Å². The monoisotopic (exact) mass is 324 g/mol. The lowest BCUT2D eigenvalue weighted by atomic mass is 10.1. The van der Waals surface area contributed by atoms with Crippen LogP contribution in [0.2, 0.25) is 5.02 Å². The molecular formula is C15H17ClN2O4. The summed E-state index contributed by atoms with van der Waals surface area (Å²) >= 11 is 5.87. The van der Waals surface area contributed by atoms with Crippen LogP contribution in [0, 0.1) is 0 Å². The molecule has 1 aromatic rings. The summed E-state index contributed by atoms with van der Waals surface area (Å²) in [5.41, 5.74) is 0.858. The van der Waals surface area contributed by atoms with Crippen molar-refractivity contribution in [1.29, 1.82) is 0 Å². The van der Waals surface area contributed by atoms with Crippen molar-refractivity contribution in [3.05, 3.63) is 29.3 Å². The van der Waals surface area contributed by atoms with Gasteiger partial charge in [0, 0.05) is 11.4 Å². The highest BCUT2D eigenvalue weighted by molar-refractivity contribution is 6.38. The van der Waals surface area contributed by atoms with Gasteiger partial charge in [-0.3, -0.25) is 5.01 Å². The quantitative estimate of drug-likeness (QED) is 0.778. The maximum Gasteiger partial charge on any atom is 0.354 e. The van der Waals surface area contributed by atoms with Gasteiger partial charge in [0.2, 0.25) is 0 Å². The molecule has 2 rings (SSSR count). The molecule has 0 amide bonds. The normalized spacial score (nSPS) is 17.1. The summed E-state index contributed by atoms with van der Waals surface area (Å²) in [5.74, 6) is -0.950. The van der Waals surface area contributed by atoms with Gasteiger partial charge in [-0.2, -0.15) is 5.10 Å². The molecule has 0 aromatic heterocycles. The van der Waals surface area contributed by atoms with Crippen LogP contribution in [0.15, 0.2) is 29.4 Å². The van der Waals surface area contributed by atoms with Crippen molar-refractivity contribution < 1.29 is 19.1 Å². The molecule has 7 heteroatoms. The number of rotatable bonds is 5. The highest BCUT2D eigenvalue weighted by atomic mass is 35.5. The van der Waals surface area contributed by atoms with Crippen molar-refractivity contribution in [3.8, 4) is 0 Å². The first-order valence-corrected chi connectivity index (χ1v) is 7.40. The fourth-order valence-electron chi connectivity index (χ4n) is 2.10. The number of hydrogen-bond donors (Lipinski definition) is 0. The second-order valence-electron chi connectivity index (χ2n) is 4.56. The average molecular weight is 325 g/mol. The SMILES string of the molecule is CCOC(=O)C1=NN(c2ccc(Cl)cc2)C(C(=O)OCC)C1. The summed E-state index contributed by atoms with van der Waals surface area (Å²) in [6.45, 7) is 3.96. The highest BCUT2D eigenvalue weighted by Gasteiger charge is 2.37. The number of hydrogen-bond acceptors (Lipinski definition) is 6. The molecule has 6 nitrogen and oxygen atoms in total. The van der Waals surface area contributed by atoms with Crippen LogP contribution in [0.3, 0.4) is 0 Å². The van der Waals surface area contributed by atoms with Crippen LogP contribution in [0.1, 0.15) is 20.3 Å². The zero-order valence-electron chi connectivity index (χ0n) is 12.4. The molecular weight excluding hydrogens is 308 g/mol. The lowest BCUT2D eigenvalue weighted by Gasteiger charge is -2.21. The van der Waals surface area contributed by atoms with Crippen molar-refractivity contribution >= 4 is 34.9 Å². The number of nitrogens with zero attached hydrogens (tertiary/aromatic N) is 2. The van der Waals surface area contributed by atoms with Crippen molar-refractivity contribution in [2.45, 2.75) is 26.3 Å². The summed E-state index contributed by atoms with van der Waals surface area (Å²) in [6, 6.07) is 6.16. The minimum atomic E-state index is -0.680. The molecule has 1 aliphatic heterocycles. The van der Waals surface area contributed by atoms with Crippen molar-refractivity contribution in [3.63, 3.8) is 0 Å². The van der Waals surface area contributed by atoms with E-state index >= 15 is 0 Å². The van der Waals surface area contributed by atoms with Crippen LogP contribution >= 0.6 is 11.6 Å². The Hall–Kier alpha value is -2.08. The fraction of sp³-hybridized carbons (Fsp3) is 0.400. The average Bonchev–Trinajstić information content (AvgIpc) is 2.94. The molecule has 1 heterocycles. The summed E-state index contributed by atoms with van der Waals surface area (Å²) in [4.78, 5) is 24.0. The Morgan fingerprint density at radius 3 is 2.45 bits per heavy atom. The van der Waals surface area contributed by atoms with E-state index in [1.165, 1.54) is 5.01 Å². The number of halogens is 1. The molecule has 0 radical (unpaired) electrons. The van der Waals surface area contributed by atoms with Crippen molar-refractivity contribution in [2.24, 2.45) is 5.10 Å². The number of carbonyl (C=O) groups excluding carboxylic acids is 2. The van der Waals surface area contributed by atoms with E-state index in [9.17, 15) is 9.59 Å². The van der Waals surface area contributed by atoms with Gasteiger partial charge >= 0.3 is 11.9 Å². The van der Waals surface area contributed by atoms with Gasteiger partial charge in [-0.05, 0) is 38.1 Å². The number of benzene rings is 1. The summed E-state index contributed by atoms with van der Waals surface area (Å²) in [5, 5.41) is 6.27. The molecule has 1 aliphatic rings. The molecule has 1 unspecified atom stereocenters. The number of ether oxygens (including phenoxy) is 2. The van der Waals surface area contributed by atoms with Crippen LogP contribution < -0.4 is 5.01 Å². The van der Waals surface area contributed by atoms with E-state index < -0.39 is 18.0 Å². The Labute approximate surface area is 133 Å². The summed E-state index contributed by atoms with van der Waals surface area (Å²) < 4.78 is 10.0. The number of carbonyl (C=O) groups is 2. The third-order valence-electron chi connectivity index (χ3n) is 3.07. The maximum absolute atomic E-state index is 12.1. The number of esters is 2. The zero-order valence-corrected chi connectivity index (χ0v) is 13.2. The van der Waals surface area contributed by atoms with Gasteiger partial charge < -0.3 is 9.47 Å². The van der Waals surface area contributed by atoms with Crippen molar-refractivity contribution in [2.75, 3.05) is 18.2 Å². The van der Waals surface area contributed by atoms with Gasteiger partial charge in [-0.25, -0.2) is 9.59 Å². The van der Waals surface area contributed by atoms with E-state index in [0.29, 0.717) is 10.7 Å². The first-order chi connectivity index (χ1) is 10.6. The smallest absolute Gasteiger partial charge is 0.354 e. The number of anilines is 1. The van der Waals surface area contributed by atoms with E-state index in [1.54, 1.807) is 38.1 Å². The predicted octanol–water partition coefficient (Wildman–Crippen LogP) is 2.40. The topological polar surface area (TPSA) is 68.2 Å². The molecule has 0 N–H and O–H groups in total. The van der Waals surface area contributed by atoms with Crippen LogP contribution in [0.25, 0.3) is 0 Å². The van der Waals surface area contributed by atoms with Crippen LogP contribution in [-0.2, 0) is 19.1 Å². The third-order valence-corrected chi connectivity index (χ3v) is 3.32. The third kappa shape index (κ3) is 3.57. The molecule has 0 saturated carbocycles. The predicted molar refractivity (Wildman–Crippen MR) is 83.0 cm³/mol. The maximum atomic E-state index is 12.1. The van der Waals surface area contributed by atoms with Gasteiger partial charge in [-0.15, -0.1) is 0 Å². The van der Waals surface area contributed by atoms with Crippen LogP contribution in [0.4, 0.5) is 5.69 Å². The molecule has 0 aliphatic carbocycles. The lowest BCUT2D eigenvalue weighted by molar-refractivity contribution is -0.144. The largest absolute Gasteiger partial charge is 0.464 e. The Balaban J connectivity index is 2.28. The highest BCUT2D eigenvalue weighted by Crippen LogP contribution is 2.27. The molecule has 22 heavy (non-hydrogen) atoms. The molecule has 1 atom stereocenters. The molecule has 0 bridgehead atoms. The first-order valence-electron chi connectivity index (χ1n) is 7.02. The van der Waals surface area contributed by atoms with Gasteiger partial charge in [0.1, 0.15) is 5.71 Å². The zero-order chi connectivity index (χ0) is 16.1. The minimum Gasteiger partial charge on any atom is -0.464 e. The molecule has 0 saturated heterocycles. The van der Waals surface area contributed by atoms with Crippen molar-refractivity contribution in [1.82, 2.24) is 0 Å². The standard InChI is InChI=1S/C15H17ClN2O4/c1-3-21-14(19)12-9-13(15(20)22-4-2)18(17-12)11-7-5-10(16)6-8-11/h5-8,13H,3-4,9H2,1-2H3. The van der Waals surface area contributed by atoms with Gasteiger partial charge in [-0.1, -0.05) is 11.6 Å². The molecule has 0 fully saturated rings. The van der Waals surface area contributed by atoms with Gasteiger partial charge in [0.05, 0.1) is 18.9 Å². The second kappa shape index (κ2) is 7.26. The Morgan fingerprint density at radius 1 is 1.23 bits per heavy atom. The second-order valence-corrected chi connectivity index (χ2v) is 5.00. The van der Waals surface area contributed by atoms with Crippen LogP contribution in [0.5, 0.6) is 0 Å². The van der Waals surface area contributed by atoms with Gasteiger partial charge in [0.25, 0.3) is 0 Å². The molecule has 1 aromatic carbocycles. The number of hydrazone groups is 1. The van der Waals surface area contributed by atoms with E-state index in [4.69, 9.17) is 21.1 Å². The Morgan fingerprint density at radius 2 is 1.86 bits per heavy atom. The molecule has 118 valence electrons. The van der Waals surface area contributed by atoms with E-state index in [1.807, 2.05) is 0 Å². The Bertz CT molecular complexity index is 586. The lowest BCUT2D eigenvalue weighted by Crippen LogP contribution is -2.36. The molecule has 0 spiro atoms. The first kappa shape index (κ1) is 16.3. The fourth-order valence-corrected chi connectivity index (χ4v) is 2.23. The minimum absolute atomic E-state index is 0.153. The van der Waals surface area contributed by atoms with E-state index in [-0.39, 0.29) is 25.3 Å². The van der Waals surface area contributed by atoms with Crippen LogP contribution in [-0.4, -0.2) is 36.9 Å².